The van der Waals surface area contributed by atoms with Gasteiger partial charge in [-0.3, -0.25) is 0 Å². The largest absolute Gasteiger partial charge is 0.308 e. The van der Waals surface area contributed by atoms with Gasteiger partial charge in [-0.15, -0.1) is 0 Å². The normalized spacial score (nSPS) is 20.4. The Morgan fingerprint density at radius 2 is 1.41 bits per heavy atom. The number of aromatic nitrogens is 3. The maximum Gasteiger partial charge on any atom is 0.257 e. The van der Waals surface area contributed by atoms with Crippen LogP contribution in [-0.4, -0.2) is 4.40 Å². The van der Waals surface area contributed by atoms with Crippen LogP contribution in [0.1, 0.15) is 57.7 Å². The van der Waals surface area contributed by atoms with Crippen molar-refractivity contribution in [2.75, 3.05) is 0 Å². The summed E-state index contributed by atoms with van der Waals surface area (Å²) < 4.78 is 7.48. The molecule has 49 heavy (non-hydrogen) atoms. The fourth-order valence-electron chi connectivity index (χ4n) is 9.58. The lowest BCUT2D eigenvalue weighted by Gasteiger charge is -2.45. The topological polar surface area (TPSA) is 12.2 Å². The summed E-state index contributed by atoms with van der Waals surface area (Å²) in [5.41, 5.74) is 13.4. The van der Waals surface area contributed by atoms with Crippen molar-refractivity contribution in [3.8, 4) is 22.5 Å². The highest BCUT2D eigenvalue weighted by molar-refractivity contribution is 6.23. The van der Waals surface area contributed by atoms with Gasteiger partial charge in [0.25, 0.3) is 11.2 Å². The summed E-state index contributed by atoms with van der Waals surface area (Å²) in [5, 5.41) is 5.27. The Kier molecular flexibility index (Phi) is 5.53. The van der Waals surface area contributed by atoms with Gasteiger partial charge in [-0.05, 0) is 78.8 Å². The third-order valence-corrected chi connectivity index (χ3v) is 12.5. The van der Waals surface area contributed by atoms with E-state index in [1.54, 1.807) is 0 Å². The predicted molar refractivity (Wildman–Crippen MR) is 202 cm³/mol. The van der Waals surface area contributed by atoms with Crippen LogP contribution >= 0.6 is 0 Å². The van der Waals surface area contributed by atoms with Gasteiger partial charge in [0.15, 0.2) is 12.4 Å². The molecule has 0 saturated heterocycles. The minimum Gasteiger partial charge on any atom is -0.308 e. The zero-order valence-electron chi connectivity index (χ0n) is 29.0. The fourth-order valence-corrected chi connectivity index (χ4v) is 9.58. The standard InChI is InChI=1S/C46H41N3/c1-29-46(6)45(5,23-21-30-14-7-8-15-32(30)39-19-11-12-24-47(29)39)38-28-42-36(27-37(38)41-26-31(44(2,3)4)22-25-48(41)46)35-18-13-17-34-33-16-9-10-20-40(33)49(42)43(34)35/h7-20,22,24-28H,1,21,23H2,2-6H3/q+2. The van der Waals surface area contributed by atoms with Crippen LogP contribution in [0.15, 0.2) is 128 Å². The number of hydrogen-bond acceptors (Lipinski definition) is 0. The van der Waals surface area contributed by atoms with E-state index >= 15 is 0 Å². The lowest BCUT2D eigenvalue weighted by Crippen LogP contribution is -2.71. The third kappa shape index (κ3) is 3.53. The fraction of sp³-hybridized carbons (Fsp3) is 0.217. The molecule has 2 aliphatic heterocycles. The highest BCUT2D eigenvalue weighted by atomic mass is 15.2. The van der Waals surface area contributed by atoms with Crippen LogP contribution in [0.2, 0.25) is 0 Å². The molecule has 3 nitrogen and oxygen atoms in total. The van der Waals surface area contributed by atoms with Gasteiger partial charge < -0.3 is 4.40 Å². The zero-order chi connectivity index (χ0) is 33.4. The van der Waals surface area contributed by atoms with Crippen molar-refractivity contribution in [1.29, 1.82) is 0 Å². The molecule has 4 aromatic heterocycles. The van der Waals surface area contributed by atoms with Gasteiger partial charge in [-0.25, -0.2) is 0 Å². The van der Waals surface area contributed by atoms with Crippen LogP contribution < -0.4 is 9.13 Å². The molecule has 0 aliphatic carbocycles. The van der Waals surface area contributed by atoms with E-state index in [1.807, 2.05) is 0 Å². The van der Waals surface area contributed by atoms with E-state index in [-0.39, 0.29) is 10.8 Å². The highest BCUT2D eigenvalue weighted by Gasteiger charge is 2.64. The number of allylic oxidation sites excluding steroid dienone is 1. The minimum atomic E-state index is -0.484. The average Bonchev–Trinajstić information content (AvgIpc) is 3.64. The molecule has 0 N–H and O–H groups in total. The number of nitrogens with zero attached hydrogens (tertiary/aromatic N) is 3. The van der Waals surface area contributed by atoms with Crippen LogP contribution in [0.25, 0.3) is 66.3 Å². The Hall–Kier alpha value is -5.28. The molecule has 10 rings (SSSR count). The van der Waals surface area contributed by atoms with E-state index in [0.717, 1.165) is 18.5 Å². The van der Waals surface area contributed by atoms with Gasteiger partial charge in [0, 0.05) is 58.3 Å². The molecule has 3 heteroatoms. The van der Waals surface area contributed by atoms with Gasteiger partial charge in [-0.2, -0.15) is 9.13 Å². The number of benzene rings is 4. The molecule has 2 unspecified atom stereocenters. The van der Waals surface area contributed by atoms with Crippen molar-refractivity contribution in [1.82, 2.24) is 4.40 Å². The summed E-state index contributed by atoms with van der Waals surface area (Å²) in [7, 11) is 0. The number of hydrogen-bond donors (Lipinski definition) is 0. The summed E-state index contributed by atoms with van der Waals surface area (Å²) in [6.07, 6.45) is 6.52. The first kappa shape index (κ1) is 28.7. The zero-order valence-corrected chi connectivity index (χ0v) is 29.0. The second-order valence-electron chi connectivity index (χ2n) is 15.9. The number of rotatable bonds is 0. The molecular weight excluding hydrogens is 595 g/mol. The number of fused-ring (bicyclic) bond motifs is 15. The Labute approximate surface area is 287 Å². The van der Waals surface area contributed by atoms with Crippen LogP contribution in [0.3, 0.4) is 0 Å². The summed E-state index contributed by atoms with van der Waals surface area (Å²) in [6, 6.07) is 41.2. The van der Waals surface area contributed by atoms with Crippen molar-refractivity contribution in [3.63, 3.8) is 0 Å². The van der Waals surface area contributed by atoms with E-state index in [1.165, 1.54) is 77.3 Å². The monoisotopic (exact) mass is 635 g/mol. The summed E-state index contributed by atoms with van der Waals surface area (Å²) in [5.74, 6) is 0. The van der Waals surface area contributed by atoms with Crippen molar-refractivity contribution < 1.29 is 9.13 Å². The van der Waals surface area contributed by atoms with Gasteiger partial charge in [0.1, 0.15) is 0 Å². The molecule has 0 saturated carbocycles. The maximum absolute atomic E-state index is 5.02. The molecule has 0 amide bonds. The smallest absolute Gasteiger partial charge is 0.257 e. The Morgan fingerprint density at radius 3 is 2.24 bits per heavy atom. The van der Waals surface area contributed by atoms with Crippen LogP contribution in [-0.2, 0) is 22.8 Å². The summed E-state index contributed by atoms with van der Waals surface area (Å²) >= 11 is 0. The number of para-hydroxylation sites is 2. The molecule has 8 aromatic rings. The molecule has 0 spiro atoms. The second-order valence-corrected chi connectivity index (χ2v) is 15.9. The Bertz CT molecular complexity index is 2700. The molecule has 0 radical (unpaired) electrons. The van der Waals surface area contributed by atoms with Crippen molar-refractivity contribution in [3.05, 3.63) is 145 Å². The quantitative estimate of drug-likeness (QED) is 0.147. The van der Waals surface area contributed by atoms with Crippen molar-refractivity contribution >= 4 is 43.8 Å². The molecule has 2 atom stereocenters. The van der Waals surface area contributed by atoms with Gasteiger partial charge in [0.05, 0.1) is 27.5 Å². The van der Waals surface area contributed by atoms with E-state index < -0.39 is 5.54 Å². The molecule has 0 bridgehead atoms. The van der Waals surface area contributed by atoms with Gasteiger partial charge >= 0.3 is 0 Å². The second kappa shape index (κ2) is 9.45. The maximum atomic E-state index is 5.02. The van der Waals surface area contributed by atoms with E-state index in [2.05, 4.69) is 170 Å². The first-order valence-electron chi connectivity index (χ1n) is 17.7. The highest BCUT2D eigenvalue weighted by Crippen LogP contribution is 2.54. The van der Waals surface area contributed by atoms with Gasteiger partial charge in [0.2, 0.25) is 11.4 Å². The number of aryl methyl sites for hydroxylation is 1. The molecule has 2 aliphatic rings. The molecule has 6 heterocycles. The molecule has 238 valence electrons. The predicted octanol–water partition coefficient (Wildman–Crippen LogP) is 10.1. The molecule has 0 fully saturated rings. The van der Waals surface area contributed by atoms with Crippen LogP contribution in [0, 0.1) is 0 Å². The summed E-state index contributed by atoms with van der Waals surface area (Å²) in [4.78, 5) is 0. The SMILES string of the molecule is C=C1[n+]2ccccc2-c2ccccc2CCC2(C)c3cc4c(cc3-c3cc(C(C)(C)C)cc[n+]3C12C)c1cccc2c3ccccc3n4c21. The van der Waals surface area contributed by atoms with E-state index in [9.17, 15) is 0 Å². The number of pyridine rings is 2. The molecule has 4 aromatic carbocycles. The average molecular weight is 636 g/mol. The first-order chi connectivity index (χ1) is 23.6. The van der Waals surface area contributed by atoms with E-state index in [0.29, 0.717) is 0 Å². The molecular formula is C46H41N3+2. The van der Waals surface area contributed by atoms with Gasteiger partial charge in [-0.1, -0.05) is 75.4 Å². The Balaban J connectivity index is 1.37. The van der Waals surface area contributed by atoms with Crippen LogP contribution in [0.5, 0.6) is 0 Å². The Morgan fingerprint density at radius 1 is 0.673 bits per heavy atom. The van der Waals surface area contributed by atoms with Crippen molar-refractivity contribution in [2.45, 2.75) is 63.8 Å². The lowest BCUT2D eigenvalue weighted by atomic mass is 9.59. The first-order valence-corrected chi connectivity index (χ1v) is 17.7. The summed E-state index contributed by atoms with van der Waals surface area (Å²) in [6.45, 7) is 16.9. The lowest BCUT2D eigenvalue weighted by molar-refractivity contribution is -0.769. The minimum absolute atomic E-state index is 0.00932. The van der Waals surface area contributed by atoms with Crippen molar-refractivity contribution in [2.24, 2.45) is 0 Å². The van der Waals surface area contributed by atoms with Crippen LogP contribution in [0.4, 0.5) is 0 Å². The van der Waals surface area contributed by atoms with E-state index in [4.69, 9.17) is 6.58 Å². The third-order valence-electron chi connectivity index (χ3n) is 12.5.